The minimum absolute atomic E-state index is 0.0416. The minimum atomic E-state index is -4.13. The largest absolute Gasteiger partial charge is 0.377 e. The van der Waals surface area contributed by atoms with Gasteiger partial charge in [0.1, 0.15) is 16.3 Å². The van der Waals surface area contributed by atoms with E-state index in [0.29, 0.717) is 10.5 Å². The number of barbiturate groups is 1. The normalized spacial score (nSPS) is 15.3. The van der Waals surface area contributed by atoms with Crippen molar-refractivity contribution in [1.29, 1.82) is 0 Å². The van der Waals surface area contributed by atoms with Gasteiger partial charge in [0.15, 0.2) is 5.75 Å². The minimum Gasteiger partial charge on any atom is -0.377 e. The molecule has 1 N–H and O–H groups in total. The summed E-state index contributed by atoms with van der Waals surface area (Å²) >= 11 is 6.50. The van der Waals surface area contributed by atoms with E-state index in [2.05, 4.69) is 37.2 Å². The number of carbonyl (C=O) groups excluding carboxylic acids is 3. The van der Waals surface area contributed by atoms with Crippen LogP contribution >= 0.6 is 31.9 Å². The maximum Gasteiger partial charge on any atom is 0.339 e. The van der Waals surface area contributed by atoms with Gasteiger partial charge in [-0.3, -0.25) is 14.9 Å². The second kappa shape index (κ2) is 9.72. The van der Waals surface area contributed by atoms with E-state index in [-0.39, 0.29) is 30.9 Å². The number of imide groups is 2. The Morgan fingerprint density at radius 3 is 2.11 bits per heavy atom. The molecule has 1 fully saturated rings. The molecule has 3 aromatic rings. The van der Waals surface area contributed by atoms with Crippen LogP contribution in [0.25, 0.3) is 6.08 Å². The van der Waals surface area contributed by atoms with Crippen LogP contribution in [0.1, 0.15) is 5.56 Å². The Morgan fingerprint density at radius 1 is 0.914 bits per heavy atom. The fraction of sp³-hybridized carbons (Fsp3) is 0. The molecule has 0 saturated carbocycles. The summed E-state index contributed by atoms with van der Waals surface area (Å²) in [4.78, 5) is 38.3. The molecule has 1 aliphatic heterocycles. The molecule has 1 saturated heterocycles. The lowest BCUT2D eigenvalue weighted by Crippen LogP contribution is -2.54. The summed E-state index contributed by atoms with van der Waals surface area (Å²) in [5.74, 6) is -2.43. The molecule has 0 spiro atoms. The second-order valence-electron chi connectivity index (χ2n) is 7.10. The van der Waals surface area contributed by atoms with Crippen LogP contribution in [-0.2, 0) is 19.7 Å². The number of nitrogens with one attached hydrogen (secondary N) is 1. The third kappa shape index (κ3) is 5.19. The van der Waals surface area contributed by atoms with E-state index in [1.807, 2.05) is 0 Å². The number of amides is 4. The quantitative estimate of drug-likeness (QED) is 0.249. The molecule has 8 nitrogen and oxygen atoms in total. The van der Waals surface area contributed by atoms with E-state index in [1.165, 1.54) is 42.5 Å². The van der Waals surface area contributed by atoms with Gasteiger partial charge < -0.3 is 4.18 Å². The van der Waals surface area contributed by atoms with Crippen molar-refractivity contribution in [2.45, 2.75) is 4.90 Å². The molecule has 4 amide bonds. The number of benzene rings is 3. The molecule has 0 atom stereocenters. The fourth-order valence-electron chi connectivity index (χ4n) is 3.14. The molecular formula is C23H13Br2FN2O6S. The lowest BCUT2D eigenvalue weighted by molar-refractivity contribution is -0.122. The van der Waals surface area contributed by atoms with Crippen molar-refractivity contribution in [3.8, 4) is 5.75 Å². The van der Waals surface area contributed by atoms with Crippen molar-refractivity contribution in [3.05, 3.63) is 92.6 Å². The molecule has 35 heavy (non-hydrogen) atoms. The summed E-state index contributed by atoms with van der Waals surface area (Å²) in [5, 5.41) is 2.07. The lowest BCUT2D eigenvalue weighted by Gasteiger charge is -2.26. The highest BCUT2D eigenvalue weighted by Gasteiger charge is 2.37. The summed E-state index contributed by atoms with van der Waals surface area (Å²) in [6, 6.07) is 14.1. The lowest BCUT2D eigenvalue weighted by atomic mass is 10.1. The first-order chi connectivity index (χ1) is 16.6. The molecule has 12 heteroatoms. The number of halogens is 3. The summed E-state index contributed by atoms with van der Waals surface area (Å²) in [6.45, 7) is 0. The van der Waals surface area contributed by atoms with E-state index in [0.717, 1.165) is 12.1 Å². The van der Waals surface area contributed by atoms with Crippen LogP contribution in [0.3, 0.4) is 0 Å². The maximum absolute atomic E-state index is 13.3. The zero-order valence-corrected chi connectivity index (χ0v) is 21.4. The predicted octanol–water partition coefficient (Wildman–Crippen LogP) is 4.78. The SMILES string of the molecule is O=C1NC(=O)N(c2ccc(F)cc2)C(=O)/C1=C/c1cc(Br)c(OS(=O)(=O)c2ccccc2)c(Br)c1. The van der Waals surface area contributed by atoms with Crippen LogP contribution in [-0.4, -0.2) is 26.3 Å². The summed E-state index contributed by atoms with van der Waals surface area (Å²) in [7, 11) is -4.13. The van der Waals surface area contributed by atoms with E-state index in [4.69, 9.17) is 4.18 Å². The second-order valence-corrected chi connectivity index (χ2v) is 10.4. The molecule has 0 radical (unpaired) electrons. The summed E-state index contributed by atoms with van der Waals surface area (Å²) < 4.78 is 44.1. The molecule has 1 heterocycles. The smallest absolute Gasteiger partial charge is 0.339 e. The van der Waals surface area contributed by atoms with Crippen molar-refractivity contribution in [2.75, 3.05) is 4.90 Å². The number of rotatable bonds is 5. The molecule has 0 bridgehead atoms. The first-order valence-electron chi connectivity index (χ1n) is 9.72. The van der Waals surface area contributed by atoms with Crippen molar-refractivity contribution < 1.29 is 31.4 Å². The number of anilines is 1. The summed E-state index contributed by atoms with van der Waals surface area (Å²) in [5.41, 5.74) is 0.0305. The Hall–Kier alpha value is -3.35. The van der Waals surface area contributed by atoms with E-state index in [1.54, 1.807) is 18.2 Å². The van der Waals surface area contributed by atoms with Gasteiger partial charge >= 0.3 is 16.1 Å². The maximum atomic E-state index is 13.3. The standard InChI is InChI=1S/C23H13Br2FN2O6S/c24-18-11-13(12-19(25)20(18)34-35(32,33)16-4-2-1-3-5-16)10-17-21(29)27-23(31)28(22(17)30)15-8-6-14(26)7-9-15/h1-12H,(H,27,29,31)/b17-10+. The Balaban J connectivity index is 1.67. The molecule has 4 rings (SSSR count). The monoisotopic (exact) mass is 622 g/mol. The van der Waals surface area contributed by atoms with Gasteiger partial charge in [-0.05, 0) is 92.0 Å². The highest BCUT2D eigenvalue weighted by atomic mass is 79.9. The first kappa shape index (κ1) is 24.8. The highest BCUT2D eigenvalue weighted by Crippen LogP contribution is 2.37. The molecule has 0 aliphatic carbocycles. The fourth-order valence-corrected chi connectivity index (χ4v) is 5.72. The van der Waals surface area contributed by atoms with Gasteiger partial charge in [0.2, 0.25) is 0 Å². The van der Waals surface area contributed by atoms with Gasteiger partial charge in [-0.25, -0.2) is 14.1 Å². The number of hydrogen-bond acceptors (Lipinski definition) is 6. The Labute approximate surface area is 215 Å². The molecular weight excluding hydrogens is 611 g/mol. The van der Waals surface area contributed by atoms with Gasteiger partial charge in [-0.1, -0.05) is 18.2 Å². The molecule has 178 valence electrons. The third-order valence-corrected chi connectivity index (χ3v) is 7.16. The number of hydrogen-bond donors (Lipinski definition) is 1. The van der Waals surface area contributed by atoms with Crippen molar-refractivity contribution in [3.63, 3.8) is 0 Å². The Kier molecular flexibility index (Phi) is 6.88. The van der Waals surface area contributed by atoms with Crippen LogP contribution in [0.5, 0.6) is 5.75 Å². The van der Waals surface area contributed by atoms with Crippen LogP contribution in [0, 0.1) is 5.82 Å². The zero-order valence-electron chi connectivity index (χ0n) is 17.4. The van der Waals surface area contributed by atoms with Crippen molar-refractivity contribution >= 4 is 71.6 Å². The van der Waals surface area contributed by atoms with Gasteiger partial charge in [0.25, 0.3) is 11.8 Å². The Morgan fingerprint density at radius 2 is 1.51 bits per heavy atom. The average molecular weight is 624 g/mol. The topological polar surface area (TPSA) is 110 Å². The average Bonchev–Trinajstić information content (AvgIpc) is 2.81. The van der Waals surface area contributed by atoms with Gasteiger partial charge in [0.05, 0.1) is 14.6 Å². The zero-order chi connectivity index (χ0) is 25.3. The van der Waals surface area contributed by atoms with Gasteiger partial charge in [0, 0.05) is 0 Å². The van der Waals surface area contributed by atoms with E-state index in [9.17, 15) is 27.2 Å². The van der Waals surface area contributed by atoms with Crippen LogP contribution in [0.4, 0.5) is 14.9 Å². The first-order valence-corrected chi connectivity index (χ1v) is 12.7. The van der Waals surface area contributed by atoms with Crippen molar-refractivity contribution in [2.24, 2.45) is 0 Å². The van der Waals surface area contributed by atoms with Gasteiger partial charge in [-0.15, -0.1) is 0 Å². The van der Waals surface area contributed by atoms with E-state index >= 15 is 0 Å². The van der Waals surface area contributed by atoms with Crippen molar-refractivity contribution in [1.82, 2.24) is 5.32 Å². The molecule has 0 unspecified atom stereocenters. The number of urea groups is 1. The highest BCUT2D eigenvalue weighted by molar-refractivity contribution is 9.11. The van der Waals surface area contributed by atoms with Crippen LogP contribution in [0.15, 0.2) is 86.1 Å². The third-order valence-electron chi connectivity index (χ3n) is 4.74. The van der Waals surface area contributed by atoms with Crippen LogP contribution < -0.4 is 14.4 Å². The summed E-state index contributed by atoms with van der Waals surface area (Å²) in [6.07, 6.45) is 1.23. The number of nitrogens with zero attached hydrogens (tertiary/aromatic N) is 1. The van der Waals surface area contributed by atoms with Crippen LogP contribution in [0.2, 0.25) is 0 Å². The number of carbonyl (C=O) groups is 3. The van der Waals surface area contributed by atoms with Gasteiger partial charge in [-0.2, -0.15) is 8.42 Å². The molecule has 3 aromatic carbocycles. The Bertz CT molecular complexity index is 1470. The molecule has 1 aliphatic rings. The van der Waals surface area contributed by atoms with E-state index < -0.39 is 33.8 Å². The molecule has 0 aromatic heterocycles. The predicted molar refractivity (Wildman–Crippen MR) is 131 cm³/mol.